The molecule has 13 heavy (non-hydrogen) atoms. The van der Waals surface area contributed by atoms with Gasteiger partial charge in [0.1, 0.15) is 0 Å². The first-order valence-electron chi connectivity index (χ1n) is 4.58. The predicted octanol–water partition coefficient (Wildman–Crippen LogP) is 2.99. The topological polar surface area (TPSA) is 0 Å². The van der Waals surface area contributed by atoms with Gasteiger partial charge >= 0.3 is 0 Å². The quantitative estimate of drug-likeness (QED) is 0.641. The van der Waals surface area contributed by atoms with E-state index in [9.17, 15) is 0 Å². The molecule has 0 N–H and O–H groups in total. The Balaban J connectivity index is 2.10. The zero-order valence-corrected chi connectivity index (χ0v) is 10.1. The minimum absolute atomic E-state index is 0.853. The molecule has 1 saturated heterocycles. The van der Waals surface area contributed by atoms with Crippen molar-refractivity contribution in [1.82, 2.24) is 0 Å². The van der Waals surface area contributed by atoms with Gasteiger partial charge in [-0.15, -0.1) is 0 Å². The van der Waals surface area contributed by atoms with Crippen molar-refractivity contribution in [1.29, 1.82) is 0 Å². The third-order valence-electron chi connectivity index (χ3n) is 2.25. The Labute approximate surface area is 89.3 Å². The summed E-state index contributed by atoms with van der Waals surface area (Å²) in [6.07, 6.45) is 1.45. The summed E-state index contributed by atoms with van der Waals surface area (Å²) in [6.45, 7) is 0. The van der Waals surface area contributed by atoms with E-state index in [-0.39, 0.29) is 0 Å². The van der Waals surface area contributed by atoms with Crippen LogP contribution in [-0.2, 0) is 0 Å². The highest BCUT2D eigenvalue weighted by Crippen LogP contribution is 2.23. The molecule has 66 valence electrons. The van der Waals surface area contributed by atoms with Gasteiger partial charge in [0.05, 0.1) is 0 Å². The minimum atomic E-state index is 0.853. The molecule has 3 heteroatoms. The van der Waals surface area contributed by atoms with Gasteiger partial charge in [0.25, 0.3) is 0 Å². The molecule has 1 aromatic rings. The van der Waals surface area contributed by atoms with E-state index in [1.807, 2.05) is 12.1 Å². The standard InChI is InChI=1S/C10H11ClSi2/c11-9-4-2-8(3-5-9)10-12-6-1-7-13-10/h2-5,10H,1,6-7H2. The van der Waals surface area contributed by atoms with E-state index < -0.39 is 0 Å². The van der Waals surface area contributed by atoms with Gasteiger partial charge in [0, 0.05) is 24.1 Å². The second-order valence-corrected chi connectivity index (χ2v) is 7.23. The van der Waals surface area contributed by atoms with Crippen LogP contribution in [0.15, 0.2) is 24.3 Å². The zero-order valence-electron chi connectivity index (χ0n) is 7.39. The average Bonchev–Trinajstić information content (AvgIpc) is 2.20. The molecule has 1 aromatic carbocycles. The van der Waals surface area contributed by atoms with Crippen LogP contribution in [0.25, 0.3) is 0 Å². The Bertz CT molecular complexity index is 265. The first kappa shape index (κ1) is 9.50. The lowest BCUT2D eigenvalue weighted by Gasteiger charge is -2.20. The molecule has 0 saturated carbocycles. The van der Waals surface area contributed by atoms with E-state index in [4.69, 9.17) is 11.6 Å². The number of benzene rings is 1. The summed E-state index contributed by atoms with van der Waals surface area (Å²) < 4.78 is 0. The van der Waals surface area contributed by atoms with Crippen LogP contribution in [0.1, 0.15) is 17.1 Å². The van der Waals surface area contributed by atoms with Crippen LogP contribution in [-0.4, -0.2) is 19.0 Å². The average molecular weight is 223 g/mol. The van der Waals surface area contributed by atoms with Crippen LogP contribution >= 0.6 is 11.6 Å². The van der Waals surface area contributed by atoms with Gasteiger partial charge in [-0.25, -0.2) is 0 Å². The van der Waals surface area contributed by atoms with Crippen LogP contribution < -0.4 is 0 Å². The first-order valence-corrected chi connectivity index (χ1v) is 7.53. The van der Waals surface area contributed by atoms with E-state index in [1.54, 1.807) is 0 Å². The second kappa shape index (κ2) is 4.44. The normalized spacial score (nSPS) is 18.8. The smallest absolute Gasteiger partial charge is 0.0429 e. The number of hydrogen-bond acceptors (Lipinski definition) is 0. The highest BCUT2D eigenvalue weighted by atomic mass is 35.5. The zero-order chi connectivity index (χ0) is 9.10. The van der Waals surface area contributed by atoms with Crippen molar-refractivity contribution in [2.24, 2.45) is 0 Å². The van der Waals surface area contributed by atoms with Crippen molar-refractivity contribution in [3.05, 3.63) is 34.9 Å². The fourth-order valence-corrected chi connectivity index (χ4v) is 5.66. The van der Waals surface area contributed by atoms with Crippen LogP contribution in [0.5, 0.6) is 0 Å². The molecule has 1 fully saturated rings. The highest BCUT2D eigenvalue weighted by Gasteiger charge is 2.16. The summed E-state index contributed by atoms with van der Waals surface area (Å²) in [6, 6.07) is 11.3. The number of hydrogen-bond donors (Lipinski definition) is 0. The van der Waals surface area contributed by atoms with E-state index >= 15 is 0 Å². The molecule has 1 heterocycles. The molecule has 1 aliphatic heterocycles. The maximum Gasteiger partial charge on any atom is 0.0429 e. The predicted molar refractivity (Wildman–Crippen MR) is 59.9 cm³/mol. The van der Waals surface area contributed by atoms with E-state index in [0.29, 0.717) is 0 Å². The van der Waals surface area contributed by atoms with Crippen molar-refractivity contribution in [3.63, 3.8) is 0 Å². The Morgan fingerprint density at radius 1 is 1.08 bits per heavy atom. The summed E-state index contributed by atoms with van der Waals surface area (Å²) in [5, 5.41) is 1.71. The van der Waals surface area contributed by atoms with Crippen LogP contribution in [0.2, 0.25) is 17.1 Å². The van der Waals surface area contributed by atoms with Crippen LogP contribution in [0, 0.1) is 0 Å². The lowest BCUT2D eigenvalue weighted by atomic mass is 10.2. The molecular weight excluding hydrogens is 212 g/mol. The Hall–Kier alpha value is -0.0562. The van der Waals surface area contributed by atoms with Gasteiger partial charge in [-0.1, -0.05) is 47.8 Å². The van der Waals surface area contributed by atoms with Gasteiger partial charge in [0.2, 0.25) is 0 Å². The maximum absolute atomic E-state index is 5.86. The molecule has 0 atom stereocenters. The minimum Gasteiger partial charge on any atom is -0.0843 e. The number of halogens is 1. The largest absolute Gasteiger partial charge is 0.0843 e. The van der Waals surface area contributed by atoms with Crippen molar-refractivity contribution in [2.45, 2.75) is 23.7 Å². The van der Waals surface area contributed by atoms with Crippen molar-refractivity contribution < 1.29 is 0 Å². The fourth-order valence-electron chi connectivity index (χ4n) is 1.54. The van der Waals surface area contributed by atoms with Gasteiger partial charge in [0.15, 0.2) is 0 Å². The molecule has 4 radical (unpaired) electrons. The van der Waals surface area contributed by atoms with E-state index in [2.05, 4.69) is 12.1 Å². The maximum atomic E-state index is 5.86. The van der Waals surface area contributed by atoms with Gasteiger partial charge in [-0.05, 0) is 17.3 Å². The van der Waals surface area contributed by atoms with Crippen LogP contribution in [0.3, 0.4) is 0 Å². The monoisotopic (exact) mass is 222 g/mol. The van der Waals surface area contributed by atoms with Gasteiger partial charge in [-0.3, -0.25) is 0 Å². The Morgan fingerprint density at radius 2 is 1.69 bits per heavy atom. The van der Waals surface area contributed by atoms with Crippen molar-refractivity contribution >= 4 is 30.6 Å². The molecule has 1 aliphatic rings. The lowest BCUT2D eigenvalue weighted by molar-refractivity contribution is 1.00. The third-order valence-corrected chi connectivity index (χ3v) is 6.50. The molecule has 0 spiro atoms. The molecule has 0 aromatic heterocycles. The highest BCUT2D eigenvalue weighted by molar-refractivity contribution is 6.60. The van der Waals surface area contributed by atoms with Crippen molar-refractivity contribution in [2.75, 3.05) is 0 Å². The third kappa shape index (κ3) is 2.45. The number of rotatable bonds is 1. The Kier molecular flexibility index (Phi) is 3.25. The van der Waals surface area contributed by atoms with Gasteiger partial charge in [-0.2, -0.15) is 0 Å². The molecular formula is C10H11ClSi2. The molecule has 0 aliphatic carbocycles. The van der Waals surface area contributed by atoms with E-state index in [1.165, 1.54) is 24.1 Å². The molecule has 2 rings (SSSR count). The van der Waals surface area contributed by atoms with Crippen molar-refractivity contribution in [3.8, 4) is 0 Å². The molecule has 0 unspecified atom stereocenters. The summed E-state index contributed by atoms with van der Waals surface area (Å²) in [5.74, 6) is 0. The molecule has 0 nitrogen and oxygen atoms in total. The summed E-state index contributed by atoms with van der Waals surface area (Å²) >= 11 is 5.86. The Morgan fingerprint density at radius 3 is 2.31 bits per heavy atom. The summed E-state index contributed by atoms with van der Waals surface area (Å²) in [4.78, 5) is 0. The van der Waals surface area contributed by atoms with Crippen LogP contribution in [0.4, 0.5) is 0 Å². The van der Waals surface area contributed by atoms with Gasteiger partial charge < -0.3 is 0 Å². The summed E-state index contributed by atoms with van der Waals surface area (Å²) in [7, 11) is 2.27. The molecule has 0 bridgehead atoms. The first-order chi connectivity index (χ1) is 6.36. The van der Waals surface area contributed by atoms with E-state index in [0.717, 1.165) is 29.2 Å². The SMILES string of the molecule is Clc1ccc(C2[Si]CCC[Si]2)cc1. The fraction of sp³-hybridized carbons (Fsp3) is 0.400. The second-order valence-electron chi connectivity index (χ2n) is 3.25. The summed E-state index contributed by atoms with van der Waals surface area (Å²) in [5.41, 5.74) is 1.50. The lowest BCUT2D eigenvalue weighted by Crippen LogP contribution is -2.19. The molecule has 0 amide bonds.